The molecule has 1 aliphatic rings. The van der Waals surface area contributed by atoms with Gasteiger partial charge in [0.1, 0.15) is 4.99 Å². The van der Waals surface area contributed by atoms with Crippen molar-refractivity contribution in [2.24, 2.45) is 0 Å². The molecule has 3 nitrogen and oxygen atoms in total. The first kappa shape index (κ1) is 13.0. The highest BCUT2D eigenvalue weighted by atomic mass is 35.5. The van der Waals surface area contributed by atoms with Gasteiger partial charge in [-0.3, -0.25) is 4.79 Å². The lowest BCUT2D eigenvalue weighted by atomic mass is 9.97. The van der Waals surface area contributed by atoms with Gasteiger partial charge in [-0.05, 0) is 48.6 Å². The van der Waals surface area contributed by atoms with Crippen LogP contribution >= 0.6 is 23.8 Å². The first-order valence-corrected chi connectivity index (χ1v) is 6.00. The van der Waals surface area contributed by atoms with Crippen molar-refractivity contribution < 1.29 is 9.90 Å². The molecule has 92 valence electrons. The Labute approximate surface area is 115 Å². The van der Waals surface area contributed by atoms with Crippen molar-refractivity contribution in [2.75, 3.05) is 5.32 Å². The van der Waals surface area contributed by atoms with E-state index in [4.69, 9.17) is 23.8 Å². The molecule has 1 aliphatic carbocycles. The van der Waals surface area contributed by atoms with Crippen LogP contribution in [0.2, 0.25) is 5.02 Å². The Morgan fingerprint density at radius 3 is 2.33 bits per heavy atom. The summed E-state index contributed by atoms with van der Waals surface area (Å²) in [5.41, 5.74) is -0.709. The molecule has 0 heterocycles. The van der Waals surface area contributed by atoms with Crippen molar-refractivity contribution in [2.45, 2.75) is 5.60 Å². The maximum absolute atomic E-state index is 11.0. The van der Waals surface area contributed by atoms with Crippen LogP contribution in [0.4, 0.5) is 5.69 Å². The van der Waals surface area contributed by atoms with Crippen LogP contribution in [0.3, 0.4) is 0 Å². The number of hydrogen-bond acceptors (Lipinski definition) is 3. The van der Waals surface area contributed by atoms with Crippen LogP contribution in [-0.2, 0) is 4.79 Å². The summed E-state index contributed by atoms with van der Waals surface area (Å²) >= 11 is 10.9. The van der Waals surface area contributed by atoms with Crippen molar-refractivity contribution in [3.63, 3.8) is 0 Å². The van der Waals surface area contributed by atoms with Crippen molar-refractivity contribution in [3.8, 4) is 0 Å². The Hall–Kier alpha value is -1.49. The third-order valence-electron chi connectivity index (χ3n) is 2.47. The van der Waals surface area contributed by atoms with Gasteiger partial charge in [0.15, 0.2) is 11.4 Å². The number of hydrogen-bond donors (Lipinski definition) is 2. The van der Waals surface area contributed by atoms with Gasteiger partial charge in [-0.25, -0.2) is 0 Å². The summed E-state index contributed by atoms with van der Waals surface area (Å²) in [7, 11) is 0. The fraction of sp³-hybridized carbons (Fsp3) is 0.0769. The smallest absolute Gasteiger partial charge is 0.178 e. The zero-order valence-electron chi connectivity index (χ0n) is 9.26. The van der Waals surface area contributed by atoms with Gasteiger partial charge in [0.05, 0.1) is 0 Å². The monoisotopic (exact) mass is 279 g/mol. The van der Waals surface area contributed by atoms with E-state index >= 15 is 0 Å². The van der Waals surface area contributed by atoms with Gasteiger partial charge in [-0.15, -0.1) is 0 Å². The molecular weight excluding hydrogens is 270 g/mol. The van der Waals surface area contributed by atoms with E-state index in [0.29, 0.717) is 5.02 Å². The Balaban J connectivity index is 2.13. The number of carbonyl (C=O) groups excluding carboxylic acids is 1. The summed E-state index contributed by atoms with van der Waals surface area (Å²) in [6.45, 7) is 0. The highest BCUT2D eigenvalue weighted by molar-refractivity contribution is 7.80. The Bertz CT molecular complexity index is 533. The van der Waals surface area contributed by atoms with Crippen LogP contribution in [0.1, 0.15) is 0 Å². The second kappa shape index (κ2) is 5.02. The molecule has 0 saturated carbocycles. The minimum atomic E-state index is -1.43. The lowest BCUT2D eigenvalue weighted by molar-refractivity contribution is -0.110. The van der Waals surface area contributed by atoms with Crippen molar-refractivity contribution >= 4 is 40.3 Å². The third kappa shape index (κ3) is 2.85. The van der Waals surface area contributed by atoms with Crippen LogP contribution in [0.5, 0.6) is 0 Å². The van der Waals surface area contributed by atoms with E-state index in [1.165, 1.54) is 24.3 Å². The number of anilines is 1. The molecule has 1 aromatic rings. The molecule has 0 aliphatic heterocycles. The molecule has 0 fully saturated rings. The quantitative estimate of drug-likeness (QED) is 0.817. The van der Waals surface area contributed by atoms with E-state index in [-0.39, 0.29) is 10.8 Å². The summed E-state index contributed by atoms with van der Waals surface area (Å²) in [5.74, 6) is -0.172. The molecule has 0 unspecified atom stereocenters. The van der Waals surface area contributed by atoms with Crippen LogP contribution < -0.4 is 5.32 Å². The van der Waals surface area contributed by atoms with E-state index < -0.39 is 5.60 Å². The van der Waals surface area contributed by atoms with Gasteiger partial charge in [-0.1, -0.05) is 23.8 Å². The predicted octanol–water partition coefficient (Wildman–Crippen LogP) is 2.51. The first-order valence-electron chi connectivity index (χ1n) is 5.21. The topological polar surface area (TPSA) is 49.3 Å². The minimum Gasteiger partial charge on any atom is -0.375 e. The Kier molecular flexibility index (Phi) is 3.61. The minimum absolute atomic E-state index is 0.172. The van der Waals surface area contributed by atoms with Crippen LogP contribution in [0, 0.1) is 0 Å². The van der Waals surface area contributed by atoms with Gasteiger partial charge in [-0.2, -0.15) is 0 Å². The van der Waals surface area contributed by atoms with E-state index in [1.54, 1.807) is 24.3 Å². The van der Waals surface area contributed by atoms with Crippen molar-refractivity contribution in [3.05, 3.63) is 53.6 Å². The number of benzene rings is 1. The zero-order valence-corrected chi connectivity index (χ0v) is 10.8. The number of rotatable bonds is 2. The fourth-order valence-electron chi connectivity index (χ4n) is 1.45. The molecule has 0 atom stereocenters. The number of halogens is 1. The second-order valence-corrected chi connectivity index (χ2v) is 4.70. The number of nitrogens with one attached hydrogen (secondary N) is 1. The molecule has 2 rings (SSSR count). The largest absolute Gasteiger partial charge is 0.375 e. The van der Waals surface area contributed by atoms with Gasteiger partial charge in [0.2, 0.25) is 0 Å². The first-order chi connectivity index (χ1) is 8.49. The van der Waals surface area contributed by atoms with Crippen LogP contribution in [0.15, 0.2) is 48.6 Å². The van der Waals surface area contributed by atoms with Gasteiger partial charge in [0.25, 0.3) is 0 Å². The number of allylic oxidation sites excluding steroid dienone is 2. The second-order valence-electron chi connectivity index (χ2n) is 3.86. The molecule has 5 heteroatoms. The summed E-state index contributed by atoms with van der Waals surface area (Å²) in [6, 6.07) is 6.93. The summed E-state index contributed by atoms with van der Waals surface area (Å²) in [4.78, 5) is 11.2. The molecule has 18 heavy (non-hydrogen) atoms. The Morgan fingerprint density at radius 1 is 1.22 bits per heavy atom. The van der Waals surface area contributed by atoms with Crippen molar-refractivity contribution in [1.82, 2.24) is 0 Å². The van der Waals surface area contributed by atoms with E-state index in [9.17, 15) is 9.90 Å². The highest BCUT2D eigenvalue weighted by Gasteiger charge is 2.28. The molecule has 0 amide bonds. The van der Waals surface area contributed by atoms with Gasteiger partial charge >= 0.3 is 0 Å². The highest BCUT2D eigenvalue weighted by Crippen LogP contribution is 2.20. The summed E-state index contributed by atoms with van der Waals surface area (Å²) < 4.78 is 0. The normalized spacial score (nSPS) is 16.7. The molecule has 0 saturated heterocycles. The summed E-state index contributed by atoms with van der Waals surface area (Å²) in [5, 5.41) is 13.7. The van der Waals surface area contributed by atoms with E-state index in [1.807, 2.05) is 0 Å². The molecule has 0 spiro atoms. The molecule has 1 aromatic carbocycles. The predicted molar refractivity (Wildman–Crippen MR) is 75.9 cm³/mol. The fourth-order valence-corrected chi connectivity index (χ4v) is 1.83. The lowest BCUT2D eigenvalue weighted by Crippen LogP contribution is -2.39. The maximum atomic E-state index is 11.0. The third-order valence-corrected chi connectivity index (χ3v) is 3.15. The molecular formula is C13H10ClNO2S. The molecule has 2 N–H and O–H groups in total. The summed E-state index contributed by atoms with van der Waals surface area (Å²) in [6.07, 6.45) is 5.30. The molecule has 0 aromatic heterocycles. The van der Waals surface area contributed by atoms with Crippen LogP contribution in [-0.4, -0.2) is 21.5 Å². The zero-order chi connectivity index (χ0) is 13.2. The van der Waals surface area contributed by atoms with E-state index in [0.717, 1.165) is 5.69 Å². The molecule has 0 radical (unpaired) electrons. The average molecular weight is 280 g/mol. The lowest BCUT2D eigenvalue weighted by Gasteiger charge is -2.24. The number of aliphatic hydroxyl groups is 1. The average Bonchev–Trinajstić information content (AvgIpc) is 2.36. The Morgan fingerprint density at radius 2 is 1.78 bits per heavy atom. The number of thiocarbonyl (C=S) groups is 1. The van der Waals surface area contributed by atoms with Crippen LogP contribution in [0.25, 0.3) is 0 Å². The SMILES string of the molecule is O=C1C=CC(O)(C(=S)Nc2ccc(Cl)cc2)C=C1. The molecule has 0 bridgehead atoms. The van der Waals surface area contributed by atoms with Gasteiger partial charge < -0.3 is 10.4 Å². The van der Waals surface area contributed by atoms with E-state index in [2.05, 4.69) is 5.32 Å². The maximum Gasteiger partial charge on any atom is 0.178 e. The number of carbonyl (C=O) groups is 1. The standard InChI is InChI=1S/C13H10ClNO2S/c14-9-1-3-10(4-2-9)15-12(18)13(17)7-5-11(16)6-8-13/h1-8,17H,(H,15,18). The van der Waals surface area contributed by atoms with Gasteiger partial charge in [0, 0.05) is 10.7 Å². The number of ketones is 1. The van der Waals surface area contributed by atoms with Crippen molar-refractivity contribution in [1.29, 1.82) is 0 Å².